The molecule has 0 aromatic heterocycles. The number of para-hydroxylation sites is 1. The van der Waals surface area contributed by atoms with Crippen molar-refractivity contribution in [3.05, 3.63) is 58.6 Å². The molecule has 1 saturated carbocycles. The third kappa shape index (κ3) is 4.74. The SMILES string of the molecule is CCn1cc(C(=O)N2CCN(C(=O)CCC3CCCC3)CC2)c2nn(-c3ccccc3)c(=O)c-2c1. The highest BCUT2D eigenvalue weighted by molar-refractivity contribution is 6.00. The van der Waals surface area contributed by atoms with Gasteiger partial charge in [0.15, 0.2) is 0 Å². The second-order valence-electron chi connectivity index (χ2n) is 9.68. The number of piperazine rings is 1. The summed E-state index contributed by atoms with van der Waals surface area (Å²) < 4.78 is 3.22. The summed E-state index contributed by atoms with van der Waals surface area (Å²) in [5.41, 5.74) is 1.71. The first-order valence-electron chi connectivity index (χ1n) is 12.8. The predicted molar refractivity (Wildman–Crippen MR) is 134 cm³/mol. The minimum absolute atomic E-state index is 0.145. The zero-order valence-electron chi connectivity index (χ0n) is 20.4. The number of hydrogen-bond acceptors (Lipinski definition) is 4. The number of rotatable bonds is 6. The molecule has 1 aromatic rings. The van der Waals surface area contributed by atoms with E-state index in [0.717, 1.165) is 6.42 Å². The van der Waals surface area contributed by atoms with Gasteiger partial charge in [0, 0.05) is 51.5 Å². The lowest BCUT2D eigenvalue weighted by molar-refractivity contribution is -0.133. The molecule has 8 nitrogen and oxygen atoms in total. The van der Waals surface area contributed by atoms with Crippen LogP contribution in [0.25, 0.3) is 16.9 Å². The van der Waals surface area contributed by atoms with Gasteiger partial charge in [-0.05, 0) is 31.4 Å². The number of carbonyl (C=O) groups is 2. The highest BCUT2D eigenvalue weighted by Crippen LogP contribution is 2.29. The van der Waals surface area contributed by atoms with E-state index in [1.807, 2.05) is 46.7 Å². The summed E-state index contributed by atoms with van der Waals surface area (Å²) >= 11 is 0. The quantitative estimate of drug-likeness (QED) is 0.547. The van der Waals surface area contributed by atoms with Crippen LogP contribution in [0.1, 0.15) is 55.8 Å². The smallest absolute Gasteiger partial charge is 0.282 e. The predicted octanol–water partition coefficient (Wildman–Crippen LogP) is 3.41. The maximum Gasteiger partial charge on any atom is 0.282 e. The third-order valence-corrected chi connectivity index (χ3v) is 7.48. The average molecular weight is 476 g/mol. The van der Waals surface area contributed by atoms with Crippen LogP contribution < -0.4 is 5.56 Å². The van der Waals surface area contributed by atoms with Gasteiger partial charge in [-0.15, -0.1) is 0 Å². The molecule has 1 aromatic carbocycles. The van der Waals surface area contributed by atoms with Crippen LogP contribution >= 0.6 is 0 Å². The number of aromatic nitrogens is 3. The molecular formula is C27H33N5O3. The van der Waals surface area contributed by atoms with Crippen molar-refractivity contribution in [2.75, 3.05) is 26.2 Å². The molecule has 2 fully saturated rings. The van der Waals surface area contributed by atoms with E-state index >= 15 is 0 Å². The maximum atomic E-state index is 13.6. The van der Waals surface area contributed by atoms with Crippen LogP contribution in [0.5, 0.6) is 0 Å². The van der Waals surface area contributed by atoms with Crippen LogP contribution in [-0.2, 0) is 11.3 Å². The number of amides is 2. The molecular weight excluding hydrogens is 442 g/mol. The normalized spacial score (nSPS) is 16.8. The van der Waals surface area contributed by atoms with Gasteiger partial charge in [-0.2, -0.15) is 9.78 Å². The number of benzene rings is 1. The van der Waals surface area contributed by atoms with Gasteiger partial charge in [0.05, 0.1) is 16.8 Å². The van der Waals surface area contributed by atoms with Crippen molar-refractivity contribution in [3.8, 4) is 16.9 Å². The van der Waals surface area contributed by atoms with E-state index in [1.54, 1.807) is 17.3 Å². The van der Waals surface area contributed by atoms with Crippen LogP contribution in [0.4, 0.5) is 0 Å². The topological polar surface area (TPSA) is 80.4 Å². The van der Waals surface area contributed by atoms with Crippen molar-refractivity contribution in [2.45, 2.75) is 52.0 Å². The number of carbonyl (C=O) groups excluding carboxylic acids is 2. The fourth-order valence-electron chi connectivity index (χ4n) is 5.36. The Bertz CT molecular complexity index is 1220. The standard InChI is InChI=1S/C27H33N5O3/c1-2-29-18-22(25-23(19-29)27(35)32(28-25)21-10-4-3-5-11-21)26(34)31-16-14-30(15-17-31)24(33)13-12-20-8-6-7-9-20/h3-5,10-11,18-20H,2,6-9,12-17H2,1H3. The molecule has 1 aliphatic carbocycles. The van der Waals surface area contributed by atoms with Gasteiger partial charge in [0.1, 0.15) is 5.69 Å². The van der Waals surface area contributed by atoms with Crippen LogP contribution in [-0.4, -0.2) is 62.1 Å². The van der Waals surface area contributed by atoms with Gasteiger partial charge >= 0.3 is 0 Å². The second-order valence-corrected chi connectivity index (χ2v) is 9.68. The van der Waals surface area contributed by atoms with Crippen LogP contribution in [0.3, 0.4) is 0 Å². The largest absolute Gasteiger partial charge is 0.353 e. The molecule has 0 unspecified atom stereocenters. The Labute approximate surface area is 205 Å². The summed E-state index contributed by atoms with van der Waals surface area (Å²) in [7, 11) is 0. The van der Waals surface area contributed by atoms with E-state index in [0.29, 0.717) is 67.6 Å². The van der Waals surface area contributed by atoms with E-state index in [-0.39, 0.29) is 17.4 Å². The van der Waals surface area contributed by atoms with E-state index < -0.39 is 0 Å². The fraction of sp³-hybridized carbons (Fsp3) is 0.481. The first-order valence-corrected chi connectivity index (χ1v) is 12.8. The Morgan fingerprint density at radius 3 is 2.34 bits per heavy atom. The summed E-state index contributed by atoms with van der Waals surface area (Å²) in [6, 6.07) is 9.25. The van der Waals surface area contributed by atoms with Crippen molar-refractivity contribution in [1.82, 2.24) is 24.1 Å². The molecule has 184 valence electrons. The number of nitrogens with zero attached hydrogens (tertiary/aromatic N) is 5. The Morgan fingerprint density at radius 1 is 0.971 bits per heavy atom. The first-order chi connectivity index (χ1) is 17.0. The van der Waals surface area contributed by atoms with Crippen molar-refractivity contribution < 1.29 is 9.59 Å². The number of aryl methyl sites for hydroxylation is 1. The lowest BCUT2D eigenvalue weighted by atomic mass is 10.0. The van der Waals surface area contributed by atoms with Crippen molar-refractivity contribution in [1.29, 1.82) is 0 Å². The van der Waals surface area contributed by atoms with Crippen LogP contribution in [0, 0.1) is 5.92 Å². The molecule has 0 atom stereocenters. The minimum atomic E-state index is -0.235. The number of fused-ring (bicyclic) bond motifs is 1. The fourth-order valence-corrected chi connectivity index (χ4v) is 5.36. The average Bonchev–Trinajstić information content (AvgIpc) is 3.55. The molecule has 0 N–H and O–H groups in total. The molecule has 0 bridgehead atoms. The lowest BCUT2D eigenvalue weighted by Crippen LogP contribution is -2.50. The third-order valence-electron chi connectivity index (χ3n) is 7.48. The minimum Gasteiger partial charge on any atom is -0.353 e. The number of pyridine rings is 1. The van der Waals surface area contributed by atoms with Gasteiger partial charge in [0.25, 0.3) is 11.5 Å². The van der Waals surface area contributed by atoms with Gasteiger partial charge in [0.2, 0.25) is 5.91 Å². The summed E-state index contributed by atoms with van der Waals surface area (Å²) in [6.07, 6.45) is 10.2. The van der Waals surface area contributed by atoms with E-state index in [1.165, 1.54) is 30.4 Å². The summed E-state index contributed by atoms with van der Waals surface area (Å²) in [5.74, 6) is 0.759. The Balaban J connectivity index is 1.32. The zero-order valence-corrected chi connectivity index (χ0v) is 20.4. The van der Waals surface area contributed by atoms with Gasteiger partial charge in [-0.3, -0.25) is 14.4 Å². The lowest BCUT2D eigenvalue weighted by Gasteiger charge is -2.35. The van der Waals surface area contributed by atoms with Crippen LogP contribution in [0.15, 0.2) is 47.5 Å². The monoisotopic (exact) mass is 475 g/mol. The Kier molecular flexibility index (Phi) is 6.70. The molecule has 0 radical (unpaired) electrons. The molecule has 0 spiro atoms. The van der Waals surface area contributed by atoms with Crippen molar-refractivity contribution in [3.63, 3.8) is 0 Å². The molecule has 2 amide bonds. The molecule has 35 heavy (non-hydrogen) atoms. The summed E-state index contributed by atoms with van der Waals surface area (Å²) in [4.78, 5) is 43.1. The van der Waals surface area contributed by atoms with Crippen molar-refractivity contribution in [2.24, 2.45) is 5.92 Å². The maximum absolute atomic E-state index is 13.6. The van der Waals surface area contributed by atoms with E-state index in [9.17, 15) is 14.4 Å². The molecule has 3 aliphatic heterocycles. The van der Waals surface area contributed by atoms with Crippen LogP contribution in [0.2, 0.25) is 0 Å². The van der Waals surface area contributed by atoms with E-state index in [2.05, 4.69) is 5.10 Å². The first kappa shape index (κ1) is 23.3. The second kappa shape index (κ2) is 10.1. The number of hydrogen-bond donors (Lipinski definition) is 0. The zero-order chi connectivity index (χ0) is 24.4. The van der Waals surface area contributed by atoms with Crippen molar-refractivity contribution >= 4 is 11.8 Å². The van der Waals surface area contributed by atoms with E-state index in [4.69, 9.17) is 0 Å². The van der Waals surface area contributed by atoms with Gasteiger partial charge < -0.3 is 14.4 Å². The molecule has 5 rings (SSSR count). The highest BCUT2D eigenvalue weighted by atomic mass is 16.2. The van der Waals surface area contributed by atoms with Gasteiger partial charge in [-0.25, -0.2) is 0 Å². The molecule has 4 aliphatic rings. The van der Waals surface area contributed by atoms with Gasteiger partial charge in [-0.1, -0.05) is 43.9 Å². The highest BCUT2D eigenvalue weighted by Gasteiger charge is 2.30. The Morgan fingerprint density at radius 2 is 1.66 bits per heavy atom. The summed E-state index contributed by atoms with van der Waals surface area (Å²) in [5, 5.41) is 4.56. The summed E-state index contributed by atoms with van der Waals surface area (Å²) in [6.45, 7) is 4.67. The molecule has 1 saturated heterocycles. The molecule has 3 heterocycles. The molecule has 8 heteroatoms. The Hall–Kier alpha value is -3.42.